The first-order valence-electron chi connectivity index (χ1n) is 4.62. The van der Waals surface area contributed by atoms with Gasteiger partial charge in [0.2, 0.25) is 0 Å². The summed E-state index contributed by atoms with van der Waals surface area (Å²) < 4.78 is 52.1. The first-order chi connectivity index (χ1) is 7.74. The second kappa shape index (κ2) is 4.60. The van der Waals surface area contributed by atoms with Crippen molar-refractivity contribution in [1.29, 1.82) is 0 Å². The van der Waals surface area contributed by atoms with Crippen molar-refractivity contribution < 1.29 is 27.1 Å². The zero-order valence-corrected chi connectivity index (χ0v) is 8.77. The van der Waals surface area contributed by atoms with Gasteiger partial charge in [0.05, 0.1) is 5.56 Å². The van der Waals surface area contributed by atoms with E-state index in [2.05, 4.69) is 4.74 Å². The molecule has 0 bridgehead atoms. The van der Waals surface area contributed by atoms with Crippen LogP contribution < -0.4 is 5.73 Å². The van der Waals surface area contributed by atoms with Gasteiger partial charge in [0.25, 0.3) is 0 Å². The van der Waals surface area contributed by atoms with Crippen molar-refractivity contribution in [2.75, 3.05) is 5.73 Å². The standard InChI is InChI=1S/C10H9F4NO2/c1-2-5-3-6(15)4-7(8(5)11)9(16)17-10(12,13)14/h3-4H,2,15H2,1H3. The van der Waals surface area contributed by atoms with Crippen molar-refractivity contribution >= 4 is 11.7 Å². The summed E-state index contributed by atoms with van der Waals surface area (Å²) in [5, 5.41) is 0. The molecule has 0 fully saturated rings. The summed E-state index contributed by atoms with van der Waals surface area (Å²) in [5.41, 5.74) is 4.58. The van der Waals surface area contributed by atoms with Crippen LogP contribution >= 0.6 is 0 Å². The number of rotatable bonds is 2. The Labute approximate surface area is 94.2 Å². The number of ether oxygens (including phenoxy) is 1. The second-order valence-corrected chi connectivity index (χ2v) is 3.23. The Bertz CT molecular complexity index is 443. The van der Waals surface area contributed by atoms with E-state index in [9.17, 15) is 22.4 Å². The van der Waals surface area contributed by atoms with Crippen LogP contribution in [0.1, 0.15) is 22.8 Å². The predicted octanol–water partition coefficient (Wildman–Crippen LogP) is 2.65. The van der Waals surface area contributed by atoms with Crippen molar-refractivity contribution in [3.8, 4) is 0 Å². The van der Waals surface area contributed by atoms with Crippen LogP contribution in [0.25, 0.3) is 0 Å². The summed E-state index contributed by atoms with van der Waals surface area (Å²) in [6, 6.07) is 2.06. The number of hydrogen-bond acceptors (Lipinski definition) is 3. The van der Waals surface area contributed by atoms with Crippen molar-refractivity contribution in [1.82, 2.24) is 0 Å². The zero-order chi connectivity index (χ0) is 13.2. The molecule has 0 aliphatic heterocycles. The molecule has 7 heteroatoms. The molecule has 0 saturated carbocycles. The van der Waals surface area contributed by atoms with Crippen LogP contribution in [0.4, 0.5) is 23.2 Å². The third kappa shape index (κ3) is 3.33. The molecule has 0 amide bonds. The summed E-state index contributed by atoms with van der Waals surface area (Å²) >= 11 is 0. The number of aryl methyl sites for hydroxylation is 1. The number of benzene rings is 1. The third-order valence-corrected chi connectivity index (χ3v) is 1.98. The first-order valence-corrected chi connectivity index (χ1v) is 4.62. The van der Waals surface area contributed by atoms with Crippen molar-refractivity contribution in [3.63, 3.8) is 0 Å². The highest BCUT2D eigenvalue weighted by Crippen LogP contribution is 2.23. The van der Waals surface area contributed by atoms with Gasteiger partial charge in [0.1, 0.15) is 5.82 Å². The number of nitrogens with two attached hydrogens (primary N) is 1. The number of anilines is 1. The normalized spacial score (nSPS) is 11.4. The van der Waals surface area contributed by atoms with E-state index < -0.39 is 23.7 Å². The molecule has 0 spiro atoms. The summed E-state index contributed by atoms with van der Waals surface area (Å²) in [7, 11) is 0. The van der Waals surface area contributed by atoms with E-state index in [4.69, 9.17) is 5.73 Å². The van der Waals surface area contributed by atoms with Gasteiger partial charge in [0, 0.05) is 5.69 Å². The number of carbonyl (C=O) groups excluding carboxylic acids is 1. The summed E-state index contributed by atoms with van der Waals surface area (Å²) in [5.74, 6) is -2.85. The van der Waals surface area contributed by atoms with Crippen LogP contribution in [0.15, 0.2) is 12.1 Å². The van der Waals surface area contributed by atoms with Crippen LogP contribution in [-0.4, -0.2) is 12.3 Å². The van der Waals surface area contributed by atoms with Crippen LogP contribution in [-0.2, 0) is 11.2 Å². The summed E-state index contributed by atoms with van der Waals surface area (Å²) in [6.45, 7) is 1.58. The van der Waals surface area contributed by atoms with E-state index >= 15 is 0 Å². The monoisotopic (exact) mass is 251 g/mol. The number of halogens is 4. The minimum absolute atomic E-state index is 0.00243. The third-order valence-electron chi connectivity index (χ3n) is 1.98. The van der Waals surface area contributed by atoms with Crippen molar-refractivity contribution in [3.05, 3.63) is 29.1 Å². The molecular weight excluding hydrogens is 242 g/mol. The molecule has 0 saturated heterocycles. The number of alkyl halides is 3. The number of nitrogen functional groups attached to an aromatic ring is 1. The van der Waals surface area contributed by atoms with Gasteiger partial charge in [-0.1, -0.05) is 6.92 Å². The fraction of sp³-hybridized carbons (Fsp3) is 0.300. The molecule has 0 aromatic heterocycles. The van der Waals surface area contributed by atoms with E-state index in [1.54, 1.807) is 6.92 Å². The van der Waals surface area contributed by atoms with Crippen LogP contribution in [0, 0.1) is 5.82 Å². The van der Waals surface area contributed by atoms with Gasteiger partial charge in [-0.15, -0.1) is 13.2 Å². The summed E-state index contributed by atoms with van der Waals surface area (Å²) in [4.78, 5) is 11.1. The van der Waals surface area contributed by atoms with Gasteiger partial charge in [0.15, 0.2) is 0 Å². The molecule has 0 unspecified atom stereocenters. The quantitative estimate of drug-likeness (QED) is 0.499. The lowest BCUT2D eigenvalue weighted by Gasteiger charge is -2.10. The van der Waals surface area contributed by atoms with Gasteiger partial charge < -0.3 is 10.5 Å². The molecule has 0 radical (unpaired) electrons. The minimum Gasteiger partial charge on any atom is -0.399 e. The molecule has 1 aromatic rings. The lowest BCUT2D eigenvalue weighted by atomic mass is 10.1. The van der Waals surface area contributed by atoms with Gasteiger partial charge in [-0.2, -0.15) is 0 Å². The molecule has 94 valence electrons. The molecule has 17 heavy (non-hydrogen) atoms. The smallest absolute Gasteiger partial charge is 0.399 e. The molecule has 0 aliphatic carbocycles. The molecule has 0 atom stereocenters. The Morgan fingerprint density at radius 2 is 2.00 bits per heavy atom. The Kier molecular flexibility index (Phi) is 3.59. The molecule has 2 N–H and O–H groups in total. The topological polar surface area (TPSA) is 52.3 Å². The van der Waals surface area contributed by atoms with Crippen molar-refractivity contribution in [2.24, 2.45) is 0 Å². The molecule has 3 nitrogen and oxygen atoms in total. The Hall–Kier alpha value is -1.79. The second-order valence-electron chi connectivity index (χ2n) is 3.23. The lowest BCUT2D eigenvalue weighted by molar-refractivity contribution is -0.291. The highest BCUT2D eigenvalue weighted by molar-refractivity contribution is 5.91. The highest BCUT2D eigenvalue weighted by atomic mass is 19.4. The molecule has 1 rings (SSSR count). The van der Waals surface area contributed by atoms with Crippen LogP contribution in [0.5, 0.6) is 0 Å². The fourth-order valence-electron chi connectivity index (χ4n) is 1.28. The number of hydrogen-bond donors (Lipinski definition) is 1. The summed E-state index contributed by atoms with van der Waals surface area (Å²) in [6.07, 6.45) is -4.95. The van der Waals surface area contributed by atoms with Gasteiger partial charge in [-0.25, -0.2) is 9.18 Å². The Balaban J connectivity index is 3.14. The lowest BCUT2D eigenvalue weighted by Crippen LogP contribution is -2.21. The number of carbonyl (C=O) groups is 1. The maximum atomic E-state index is 13.6. The minimum atomic E-state index is -5.15. The van der Waals surface area contributed by atoms with E-state index in [0.717, 1.165) is 6.07 Å². The van der Waals surface area contributed by atoms with Crippen LogP contribution in [0.2, 0.25) is 0 Å². The van der Waals surface area contributed by atoms with E-state index in [1.807, 2.05) is 0 Å². The van der Waals surface area contributed by atoms with Crippen LogP contribution in [0.3, 0.4) is 0 Å². The maximum Gasteiger partial charge on any atom is 0.575 e. The zero-order valence-electron chi connectivity index (χ0n) is 8.77. The first kappa shape index (κ1) is 13.3. The molecule has 0 heterocycles. The maximum absolute atomic E-state index is 13.6. The van der Waals surface area contributed by atoms with Gasteiger partial charge in [-0.3, -0.25) is 0 Å². The average molecular weight is 251 g/mol. The van der Waals surface area contributed by atoms with E-state index in [1.165, 1.54) is 6.07 Å². The van der Waals surface area contributed by atoms with Gasteiger partial charge in [-0.05, 0) is 24.1 Å². The Morgan fingerprint density at radius 3 is 2.47 bits per heavy atom. The van der Waals surface area contributed by atoms with Crippen molar-refractivity contribution in [2.45, 2.75) is 19.7 Å². The van der Waals surface area contributed by atoms with E-state index in [0.29, 0.717) is 0 Å². The molecule has 0 aliphatic rings. The predicted molar refractivity (Wildman–Crippen MR) is 51.7 cm³/mol. The Morgan fingerprint density at radius 1 is 1.41 bits per heavy atom. The van der Waals surface area contributed by atoms with Gasteiger partial charge >= 0.3 is 12.3 Å². The molecular formula is C10H9F4NO2. The molecule has 1 aromatic carbocycles. The number of esters is 1. The van der Waals surface area contributed by atoms with E-state index in [-0.39, 0.29) is 17.7 Å². The average Bonchev–Trinajstić information content (AvgIpc) is 2.18. The largest absolute Gasteiger partial charge is 0.575 e. The highest BCUT2D eigenvalue weighted by Gasteiger charge is 2.35. The fourth-order valence-corrected chi connectivity index (χ4v) is 1.28. The SMILES string of the molecule is CCc1cc(N)cc(C(=O)OC(F)(F)F)c1F.